The van der Waals surface area contributed by atoms with E-state index in [0.29, 0.717) is 67.8 Å². The van der Waals surface area contributed by atoms with Gasteiger partial charge >= 0.3 is 5.97 Å². The van der Waals surface area contributed by atoms with Gasteiger partial charge in [-0.05, 0) is 121 Å². The van der Waals surface area contributed by atoms with E-state index in [2.05, 4.69) is 60.9 Å². The van der Waals surface area contributed by atoms with E-state index >= 15 is 0 Å². The monoisotopic (exact) mass is 1390 g/mol. The van der Waals surface area contributed by atoms with Gasteiger partial charge in [0.1, 0.15) is 28.7 Å². The molecule has 4 aromatic carbocycles. The minimum absolute atomic E-state index is 0. The number of pyridine rings is 6. The Balaban J connectivity index is 0.000000178. The second-order valence-corrected chi connectivity index (χ2v) is 17.8. The molecule has 0 saturated carbocycles. The van der Waals surface area contributed by atoms with Gasteiger partial charge in [0.25, 0.3) is 0 Å². The number of benzene rings is 4. The zero-order valence-electron chi connectivity index (χ0n) is 42.3. The van der Waals surface area contributed by atoms with E-state index in [9.17, 15) is 25.2 Å². The largest absolute Gasteiger partial charge is 0.573 e. The number of rotatable bonds is 8. The molecule has 14 nitrogen and oxygen atoms in total. The summed E-state index contributed by atoms with van der Waals surface area (Å²) in [5.74, 6) is -0.238. The molecule has 0 bridgehead atoms. The van der Waals surface area contributed by atoms with Crippen LogP contribution in [0.3, 0.4) is 0 Å². The Morgan fingerprint density at radius 3 is 0.962 bits per heavy atom. The molecule has 78 heavy (non-hydrogen) atoms. The molecule has 0 atom stereocenters. The van der Waals surface area contributed by atoms with Crippen molar-refractivity contribution in [1.29, 1.82) is 0 Å². The zero-order chi connectivity index (χ0) is 53.4. The predicted molar refractivity (Wildman–Crippen MR) is 294 cm³/mol. The van der Waals surface area contributed by atoms with Crippen LogP contribution in [-0.2, 0) is 45.6 Å². The molecular weight excluding hydrogens is 1340 g/mol. The number of nitrogens with zero attached hydrogens (tertiary/aromatic N) is 8. The van der Waals surface area contributed by atoms with Gasteiger partial charge in [-0.3, -0.25) is 4.98 Å². The fraction of sp³-hybridized carbons (Fsp3) is 0.0645. The van der Waals surface area contributed by atoms with E-state index in [-0.39, 0.29) is 74.3 Å². The fourth-order valence-corrected chi connectivity index (χ4v) is 7.46. The molecule has 0 spiro atoms. The molecule has 0 unspecified atom stereocenters. The van der Waals surface area contributed by atoms with E-state index in [1.807, 2.05) is 146 Å². The molecule has 2 radical (unpaired) electrons. The number of aromatic hydroxyl groups is 4. The molecule has 0 amide bonds. The second-order valence-electron chi connectivity index (χ2n) is 17.8. The summed E-state index contributed by atoms with van der Waals surface area (Å²) in [5.41, 5.74) is 11.0. The van der Waals surface area contributed by atoms with E-state index in [0.717, 1.165) is 17.1 Å². The molecule has 5 N–H and O–H groups in total. The number of hydrogen-bond acceptors (Lipinski definition) is 12. The van der Waals surface area contributed by atoms with Crippen LogP contribution in [0, 0.1) is 0 Å². The number of carbonyl (C=O) groups is 1. The summed E-state index contributed by atoms with van der Waals surface area (Å²) in [6.07, 6.45) is 3.21. The number of carboxylic acid groups (broad SMARTS) is 1. The molecule has 7 heterocycles. The van der Waals surface area contributed by atoms with E-state index in [4.69, 9.17) is 5.11 Å². The molecule has 0 aliphatic rings. The third-order valence-corrected chi connectivity index (χ3v) is 11.4. The van der Waals surface area contributed by atoms with Crippen molar-refractivity contribution in [3.8, 4) is 102 Å². The Bertz CT molecular complexity index is 3360. The average Bonchev–Trinajstić information content (AvgIpc) is 3.98. The average molecular weight is 1390 g/mol. The molecule has 0 fully saturated rings. The number of phenolic OH excluding ortho intramolecular Hbond substituents is 4. The van der Waals surface area contributed by atoms with E-state index in [1.54, 1.807) is 66.9 Å². The number of aromatic nitrogens is 8. The van der Waals surface area contributed by atoms with Crippen molar-refractivity contribution in [3.63, 3.8) is 0 Å². The summed E-state index contributed by atoms with van der Waals surface area (Å²) < 4.78 is 0. The molecular formula is C62H51Ir2N8O6-. The number of hydrogen-bond donors (Lipinski definition) is 5. The summed E-state index contributed by atoms with van der Waals surface area (Å²) in [6.45, 7) is 6.37. The topological polar surface area (TPSA) is 223 Å². The van der Waals surface area contributed by atoms with Crippen LogP contribution in [-0.4, -0.2) is 66.5 Å². The van der Waals surface area contributed by atoms with Crippen molar-refractivity contribution < 1.29 is 70.5 Å². The minimum Gasteiger partial charge on any atom is -0.573 e. The fourth-order valence-electron chi connectivity index (χ4n) is 7.46. The van der Waals surface area contributed by atoms with Crippen molar-refractivity contribution in [1.82, 2.24) is 40.1 Å². The summed E-state index contributed by atoms with van der Waals surface area (Å²) in [4.78, 5) is 36.5. The quantitative estimate of drug-likeness (QED) is 0.0955. The maximum atomic E-state index is 10.1. The van der Waals surface area contributed by atoms with Crippen molar-refractivity contribution in [3.05, 3.63) is 236 Å². The molecule has 0 aliphatic carbocycles. The van der Waals surface area contributed by atoms with Crippen LogP contribution in [0.4, 0.5) is 0 Å². The van der Waals surface area contributed by atoms with Crippen molar-refractivity contribution in [2.24, 2.45) is 0 Å². The molecule has 394 valence electrons. The van der Waals surface area contributed by atoms with Crippen molar-refractivity contribution in [2.75, 3.05) is 0 Å². The first-order valence-electron chi connectivity index (χ1n) is 23.9. The molecule has 0 aliphatic heterocycles. The van der Waals surface area contributed by atoms with E-state index < -0.39 is 5.97 Å². The normalized spacial score (nSPS) is 10.3. The van der Waals surface area contributed by atoms with Crippen LogP contribution in [0.5, 0.6) is 23.0 Å². The second kappa shape index (κ2) is 27.7. The summed E-state index contributed by atoms with van der Waals surface area (Å²) >= 11 is 0. The van der Waals surface area contributed by atoms with Gasteiger partial charge in [0, 0.05) is 91.7 Å². The van der Waals surface area contributed by atoms with E-state index in [1.165, 1.54) is 12.3 Å². The van der Waals surface area contributed by atoms with Crippen molar-refractivity contribution >= 4 is 5.97 Å². The van der Waals surface area contributed by atoms with Gasteiger partial charge in [0.05, 0.1) is 45.6 Å². The van der Waals surface area contributed by atoms with Crippen LogP contribution in [0.1, 0.15) is 37.0 Å². The number of phenols is 4. The first-order valence-corrected chi connectivity index (χ1v) is 23.9. The Morgan fingerprint density at radius 2 is 0.692 bits per heavy atom. The van der Waals surface area contributed by atoms with Crippen LogP contribution in [0.15, 0.2) is 225 Å². The first-order chi connectivity index (χ1) is 36.8. The first kappa shape index (κ1) is 58.2. The van der Waals surface area contributed by atoms with Crippen LogP contribution in [0.25, 0.3) is 79.2 Å². The van der Waals surface area contributed by atoms with Crippen LogP contribution >= 0.6 is 0 Å². The SMILES string of the molecule is CC(C)(C)c1cc(-c2ccccn2)[n-]n1.O=C(O)c1ccccn1.Oc1ccccc1-c1cccc(-c2cccc(-c3ccccc3O)n2)n1.Oc1ccccc1-c1cccc(-c2cccc(-c3ccccc3O)n2)n1.[Ir].[Ir]. The number of carboxylic acids is 1. The summed E-state index contributed by atoms with van der Waals surface area (Å²) in [5, 5.41) is 56.9. The molecule has 7 aromatic heterocycles. The van der Waals surface area contributed by atoms with Crippen LogP contribution < -0.4 is 5.10 Å². The maximum absolute atomic E-state index is 10.1. The van der Waals surface area contributed by atoms with Gasteiger partial charge < -0.3 is 35.7 Å². The molecule has 16 heteroatoms. The molecule has 11 aromatic rings. The third kappa shape index (κ3) is 15.3. The predicted octanol–water partition coefficient (Wildman–Crippen LogP) is 13.0. The van der Waals surface area contributed by atoms with Gasteiger partial charge in [-0.15, -0.1) is 0 Å². The van der Waals surface area contributed by atoms with Gasteiger partial charge in [-0.1, -0.05) is 117 Å². The Kier molecular flexibility index (Phi) is 20.6. The van der Waals surface area contributed by atoms with Gasteiger partial charge in [-0.2, -0.15) is 0 Å². The smallest absolute Gasteiger partial charge is 0.354 e. The van der Waals surface area contributed by atoms with Crippen LogP contribution in [0.2, 0.25) is 0 Å². The maximum Gasteiger partial charge on any atom is 0.354 e. The molecule has 11 rings (SSSR count). The van der Waals surface area contributed by atoms with Gasteiger partial charge in [0.2, 0.25) is 0 Å². The Morgan fingerprint density at radius 1 is 0.385 bits per heavy atom. The minimum atomic E-state index is -0.990. The molecule has 0 saturated heterocycles. The number of para-hydroxylation sites is 4. The summed E-state index contributed by atoms with van der Waals surface area (Å²) in [6, 6.07) is 63.4. The number of aromatic carboxylic acids is 1. The van der Waals surface area contributed by atoms with Gasteiger partial charge in [-0.25, -0.2) is 29.7 Å². The Hall–Kier alpha value is -9.04. The third-order valence-electron chi connectivity index (χ3n) is 11.4. The summed E-state index contributed by atoms with van der Waals surface area (Å²) in [7, 11) is 0. The zero-order valence-corrected chi connectivity index (χ0v) is 47.0. The standard InChI is InChI=1S/2C22H16N2O2.C12H14N3.C6H5NO2.2Ir/c2*25-21-13-3-1-7-15(21)17-9-5-11-19(23-17)20-12-6-10-18(24-20)16-8-2-4-14-22(16)26;1-12(2,3)11-8-10(14-15-11)9-6-4-5-7-13-9;8-6(9)5-3-1-2-4-7-5;;/h2*1-14,25-26H;4-8H,1-3H3;1-4H,(H,8,9);;/q;;-1;;;. The van der Waals surface area contributed by atoms with Gasteiger partial charge in [0.15, 0.2) is 0 Å². The Labute approximate surface area is 478 Å². The van der Waals surface area contributed by atoms with Crippen molar-refractivity contribution in [2.45, 2.75) is 26.2 Å².